The van der Waals surface area contributed by atoms with E-state index in [1.165, 1.54) is 13.1 Å². The smallest absolute Gasteiger partial charge is 0.322 e. The Morgan fingerprint density at radius 1 is 0.902 bits per heavy atom. The van der Waals surface area contributed by atoms with Crippen molar-refractivity contribution >= 4 is 40.5 Å². The molecule has 6 N–H and O–H groups in total. The van der Waals surface area contributed by atoms with Gasteiger partial charge in [-0.25, -0.2) is 0 Å². The van der Waals surface area contributed by atoms with Gasteiger partial charge in [0.05, 0.1) is 18.7 Å². The molecule has 1 fully saturated rings. The number of nitrogens with zero attached hydrogens (tertiary/aromatic N) is 2. The van der Waals surface area contributed by atoms with Crippen molar-refractivity contribution in [2.45, 2.75) is 51.7 Å². The van der Waals surface area contributed by atoms with Crippen molar-refractivity contribution < 1.29 is 38.9 Å². The summed E-state index contributed by atoms with van der Waals surface area (Å²) in [7, 11) is 1.41. The fraction of sp³-hybridized carbons (Fsp3) is 0.444. The third kappa shape index (κ3) is 10.9. The van der Waals surface area contributed by atoms with Crippen LogP contribution in [0.2, 0.25) is 0 Å². The summed E-state index contributed by atoms with van der Waals surface area (Å²) < 4.78 is 6.53. The van der Waals surface area contributed by atoms with Crippen molar-refractivity contribution in [3.63, 3.8) is 0 Å². The Morgan fingerprint density at radius 2 is 1.61 bits per heavy atom. The standard InChI is InChI=1S/C36H46N6O9/c1-22(2)17-26(40-34(48)27(19-23-7-5-4-6-8-23)39-29(43)11-12-42-13-15-51-16-14-42)33(47)37-20-24-9-10-28-25(18-24)32(46)31(36(50)41(28)3)35(49)38-21-30(44)45/h4-10,18,22,26-27,46H,11-17,19-21H2,1-3H3,(H,37,47)(H,38,49)(H,39,43)(H,40,48)(H,44,45)/t26-,27-/m0/s1. The molecule has 0 aliphatic carbocycles. The van der Waals surface area contributed by atoms with Gasteiger partial charge in [-0.2, -0.15) is 0 Å². The Balaban J connectivity index is 1.48. The first-order valence-corrected chi connectivity index (χ1v) is 16.9. The van der Waals surface area contributed by atoms with Gasteiger partial charge in [-0.3, -0.25) is 33.7 Å². The van der Waals surface area contributed by atoms with Crippen LogP contribution in [0.4, 0.5) is 0 Å². The molecule has 3 aromatic rings. The predicted molar refractivity (Wildman–Crippen MR) is 188 cm³/mol. The summed E-state index contributed by atoms with van der Waals surface area (Å²) in [6, 6.07) is 12.1. The second kappa shape index (κ2) is 18.1. The average molecular weight is 707 g/mol. The van der Waals surface area contributed by atoms with Crippen molar-refractivity contribution in [2.24, 2.45) is 13.0 Å². The minimum absolute atomic E-state index is 0.0201. The van der Waals surface area contributed by atoms with E-state index < -0.39 is 59.2 Å². The van der Waals surface area contributed by atoms with E-state index in [0.717, 1.165) is 23.2 Å². The summed E-state index contributed by atoms with van der Waals surface area (Å²) in [6.07, 6.45) is 0.750. The van der Waals surface area contributed by atoms with Crippen molar-refractivity contribution in [2.75, 3.05) is 39.4 Å². The van der Waals surface area contributed by atoms with E-state index >= 15 is 0 Å². The summed E-state index contributed by atoms with van der Waals surface area (Å²) in [5, 5.41) is 30.6. The number of rotatable bonds is 16. The normalized spacial score (nSPS) is 14.4. The molecule has 2 atom stereocenters. The van der Waals surface area contributed by atoms with Gasteiger partial charge in [0.2, 0.25) is 17.7 Å². The molecule has 15 heteroatoms. The molecule has 274 valence electrons. The van der Waals surface area contributed by atoms with Gasteiger partial charge in [-0.05, 0) is 35.6 Å². The summed E-state index contributed by atoms with van der Waals surface area (Å²) in [6.45, 7) is 6.31. The Kier molecular flexibility index (Phi) is 13.7. The van der Waals surface area contributed by atoms with Crippen LogP contribution < -0.4 is 26.8 Å². The van der Waals surface area contributed by atoms with Gasteiger partial charge >= 0.3 is 5.97 Å². The number of nitrogens with one attached hydrogen (secondary N) is 4. The van der Waals surface area contributed by atoms with Crippen LogP contribution >= 0.6 is 0 Å². The van der Waals surface area contributed by atoms with E-state index in [0.29, 0.717) is 37.3 Å². The topological polar surface area (TPSA) is 208 Å². The number of carbonyl (C=O) groups excluding carboxylic acids is 4. The molecule has 1 saturated heterocycles. The molecule has 0 bridgehead atoms. The molecule has 0 unspecified atom stereocenters. The third-order valence-electron chi connectivity index (χ3n) is 8.56. The number of carbonyl (C=O) groups is 5. The maximum absolute atomic E-state index is 13.7. The molecular formula is C36H46N6O9. The Morgan fingerprint density at radius 3 is 2.27 bits per heavy atom. The highest BCUT2D eigenvalue weighted by atomic mass is 16.5. The van der Waals surface area contributed by atoms with Crippen LogP contribution in [-0.4, -0.2) is 101 Å². The largest absolute Gasteiger partial charge is 0.506 e. The second-order valence-corrected chi connectivity index (χ2v) is 12.9. The molecule has 0 spiro atoms. The van der Waals surface area contributed by atoms with Gasteiger partial charge < -0.3 is 40.8 Å². The maximum Gasteiger partial charge on any atom is 0.322 e. The van der Waals surface area contributed by atoms with E-state index in [-0.39, 0.29) is 36.6 Å². The van der Waals surface area contributed by atoms with E-state index in [1.807, 2.05) is 44.2 Å². The Hall–Kier alpha value is -5.28. The van der Waals surface area contributed by atoms with E-state index in [9.17, 15) is 33.9 Å². The van der Waals surface area contributed by atoms with Gasteiger partial charge in [0.15, 0.2) is 0 Å². The minimum Gasteiger partial charge on any atom is -0.506 e. The van der Waals surface area contributed by atoms with Crippen LogP contribution in [0.1, 0.15) is 48.2 Å². The first-order chi connectivity index (χ1) is 24.3. The van der Waals surface area contributed by atoms with E-state index in [4.69, 9.17) is 9.84 Å². The van der Waals surface area contributed by atoms with Crippen molar-refractivity contribution in [1.82, 2.24) is 30.7 Å². The number of benzene rings is 2. The van der Waals surface area contributed by atoms with Gasteiger partial charge in [0.25, 0.3) is 11.5 Å². The quantitative estimate of drug-likeness (QED) is 0.123. The van der Waals surface area contributed by atoms with Gasteiger partial charge in [0, 0.05) is 51.5 Å². The van der Waals surface area contributed by atoms with Crippen molar-refractivity contribution in [3.8, 4) is 5.75 Å². The van der Waals surface area contributed by atoms with Crippen LogP contribution in [0.25, 0.3) is 10.9 Å². The lowest BCUT2D eigenvalue weighted by atomic mass is 10.0. The Bertz CT molecular complexity index is 1790. The number of hydrogen-bond acceptors (Lipinski definition) is 9. The first-order valence-electron chi connectivity index (χ1n) is 16.9. The molecule has 4 rings (SSSR count). The van der Waals surface area contributed by atoms with Crippen LogP contribution in [0.3, 0.4) is 0 Å². The minimum atomic E-state index is -1.32. The number of hydrogen-bond donors (Lipinski definition) is 6. The van der Waals surface area contributed by atoms with E-state index in [1.54, 1.807) is 12.1 Å². The van der Waals surface area contributed by atoms with Crippen LogP contribution in [0.5, 0.6) is 5.75 Å². The summed E-state index contributed by atoms with van der Waals surface area (Å²) in [5.41, 5.74) is 0.255. The predicted octanol–water partition coefficient (Wildman–Crippen LogP) is 0.655. The highest BCUT2D eigenvalue weighted by Crippen LogP contribution is 2.27. The molecule has 4 amide bonds. The summed E-state index contributed by atoms with van der Waals surface area (Å²) in [4.78, 5) is 78.7. The molecule has 1 aliphatic heterocycles. The Labute approximate surface area is 295 Å². The zero-order valence-electron chi connectivity index (χ0n) is 29.1. The summed E-state index contributed by atoms with van der Waals surface area (Å²) in [5.74, 6) is -4.19. The zero-order valence-corrected chi connectivity index (χ0v) is 29.1. The number of aromatic nitrogens is 1. The molecule has 1 aliphatic rings. The SMILES string of the molecule is CC(C)C[C@H](NC(=O)[C@H](Cc1ccccc1)NC(=O)CCN1CCOCC1)C(=O)NCc1ccc2c(c1)c(O)c(C(=O)NCC(=O)O)c(=O)n2C. The molecule has 51 heavy (non-hydrogen) atoms. The van der Waals surface area contributed by atoms with Crippen LogP contribution in [0.15, 0.2) is 53.3 Å². The molecule has 2 heterocycles. The van der Waals surface area contributed by atoms with Crippen LogP contribution in [0, 0.1) is 5.92 Å². The molecule has 0 radical (unpaired) electrons. The number of aliphatic carboxylic acids is 1. The van der Waals surface area contributed by atoms with Gasteiger partial charge in [-0.15, -0.1) is 0 Å². The number of fused-ring (bicyclic) bond motifs is 1. The third-order valence-corrected chi connectivity index (χ3v) is 8.56. The monoisotopic (exact) mass is 706 g/mol. The number of aryl methyl sites for hydroxylation is 1. The maximum atomic E-state index is 13.7. The fourth-order valence-corrected chi connectivity index (χ4v) is 5.83. The lowest BCUT2D eigenvalue weighted by Crippen LogP contribution is -2.54. The number of amides is 4. The van der Waals surface area contributed by atoms with Crippen molar-refractivity contribution in [3.05, 3.63) is 75.6 Å². The molecule has 15 nitrogen and oxygen atoms in total. The first kappa shape index (κ1) is 38.5. The zero-order chi connectivity index (χ0) is 37.1. The molecule has 0 saturated carbocycles. The van der Waals surface area contributed by atoms with Gasteiger partial charge in [0.1, 0.15) is 29.9 Å². The molecule has 2 aromatic carbocycles. The number of aromatic hydroxyl groups is 1. The average Bonchev–Trinajstić information content (AvgIpc) is 3.11. The van der Waals surface area contributed by atoms with Crippen molar-refractivity contribution in [1.29, 1.82) is 0 Å². The number of pyridine rings is 1. The molecular weight excluding hydrogens is 660 g/mol. The number of carboxylic acids is 1. The fourth-order valence-electron chi connectivity index (χ4n) is 5.83. The highest BCUT2D eigenvalue weighted by molar-refractivity contribution is 6.03. The number of morpholine rings is 1. The highest BCUT2D eigenvalue weighted by Gasteiger charge is 2.28. The molecule has 1 aromatic heterocycles. The summed E-state index contributed by atoms with van der Waals surface area (Å²) >= 11 is 0. The second-order valence-electron chi connectivity index (χ2n) is 12.9. The van der Waals surface area contributed by atoms with Crippen LogP contribution in [-0.2, 0) is 43.9 Å². The number of carboxylic acid groups (broad SMARTS) is 1. The van der Waals surface area contributed by atoms with Gasteiger partial charge in [-0.1, -0.05) is 50.2 Å². The van der Waals surface area contributed by atoms with E-state index in [2.05, 4.69) is 26.2 Å². The number of ether oxygens (including phenoxy) is 1. The lowest BCUT2D eigenvalue weighted by molar-refractivity contribution is -0.135. The lowest BCUT2D eigenvalue weighted by Gasteiger charge is -2.27.